The number of carbonyl (C=O) groups excluding carboxylic acids is 2. The molecule has 0 aromatic heterocycles. The van der Waals surface area contributed by atoms with Crippen molar-refractivity contribution in [3.63, 3.8) is 0 Å². The van der Waals surface area contributed by atoms with Gasteiger partial charge in [0.1, 0.15) is 5.75 Å². The van der Waals surface area contributed by atoms with Gasteiger partial charge < -0.3 is 14.2 Å². The maximum Gasteiger partial charge on any atom is 0.337 e. The Hall–Kier alpha value is -2.30. The van der Waals surface area contributed by atoms with E-state index in [-0.39, 0.29) is 11.9 Å². The number of ether oxygens (including phenoxy) is 3. The van der Waals surface area contributed by atoms with Crippen molar-refractivity contribution in [3.8, 4) is 5.75 Å². The first kappa shape index (κ1) is 18.7. The van der Waals surface area contributed by atoms with E-state index in [9.17, 15) is 9.59 Å². The van der Waals surface area contributed by atoms with E-state index in [0.717, 1.165) is 5.75 Å². The monoisotopic (exact) mass is 294 g/mol. The molecule has 0 N–H and O–H groups in total. The van der Waals surface area contributed by atoms with E-state index in [0.29, 0.717) is 24.4 Å². The van der Waals surface area contributed by atoms with Gasteiger partial charge in [-0.2, -0.15) is 0 Å². The second kappa shape index (κ2) is 10.5. The van der Waals surface area contributed by atoms with E-state index >= 15 is 0 Å². The molecule has 21 heavy (non-hydrogen) atoms. The van der Waals surface area contributed by atoms with Crippen LogP contribution in [-0.4, -0.2) is 32.3 Å². The molecule has 5 nitrogen and oxygen atoms in total. The summed E-state index contributed by atoms with van der Waals surface area (Å²) in [5, 5.41) is 0. The summed E-state index contributed by atoms with van der Waals surface area (Å²) in [6.45, 7) is 9.74. The first-order chi connectivity index (χ1) is 9.96. The van der Waals surface area contributed by atoms with E-state index in [4.69, 9.17) is 4.74 Å². The average molecular weight is 294 g/mol. The Bertz CT molecular complexity index is 462. The first-order valence-electron chi connectivity index (χ1n) is 6.60. The number of carbonyl (C=O) groups is 2. The molecule has 0 aliphatic carbocycles. The topological polar surface area (TPSA) is 61.8 Å². The van der Waals surface area contributed by atoms with Gasteiger partial charge in [-0.25, -0.2) is 9.59 Å². The third kappa shape index (κ3) is 7.77. The van der Waals surface area contributed by atoms with Crippen LogP contribution in [0.25, 0.3) is 0 Å². The number of benzene rings is 1. The Kier molecular flexibility index (Phi) is 9.33. The van der Waals surface area contributed by atoms with Crippen molar-refractivity contribution in [2.24, 2.45) is 0 Å². The Morgan fingerprint density at radius 3 is 2.00 bits per heavy atom. The second-order valence-electron chi connectivity index (χ2n) is 3.95. The lowest BCUT2D eigenvalue weighted by Crippen LogP contribution is -2.03. The third-order valence-corrected chi connectivity index (χ3v) is 2.21. The largest absolute Gasteiger partial charge is 0.494 e. The number of rotatable bonds is 5. The van der Waals surface area contributed by atoms with E-state index in [1.54, 1.807) is 38.1 Å². The van der Waals surface area contributed by atoms with Crippen LogP contribution >= 0.6 is 0 Å². The third-order valence-electron chi connectivity index (χ3n) is 2.21. The molecule has 0 bridgehead atoms. The minimum Gasteiger partial charge on any atom is -0.494 e. The molecule has 1 aromatic rings. The smallest absolute Gasteiger partial charge is 0.337 e. The molecule has 0 saturated heterocycles. The van der Waals surface area contributed by atoms with Gasteiger partial charge in [-0.15, -0.1) is 0 Å². The zero-order valence-corrected chi connectivity index (χ0v) is 13.0. The summed E-state index contributed by atoms with van der Waals surface area (Å²) in [6.07, 6.45) is 0. The Balaban J connectivity index is 0.000000433. The van der Waals surface area contributed by atoms with E-state index in [2.05, 4.69) is 16.1 Å². The molecule has 0 amide bonds. The van der Waals surface area contributed by atoms with Crippen molar-refractivity contribution in [3.05, 3.63) is 42.0 Å². The second-order valence-corrected chi connectivity index (χ2v) is 3.95. The van der Waals surface area contributed by atoms with Crippen LogP contribution in [0.15, 0.2) is 36.4 Å². The predicted molar refractivity (Wildman–Crippen MR) is 80.4 cm³/mol. The summed E-state index contributed by atoms with van der Waals surface area (Å²) in [4.78, 5) is 21.4. The van der Waals surface area contributed by atoms with Crippen molar-refractivity contribution in [2.75, 3.05) is 20.3 Å². The first-order valence-corrected chi connectivity index (χ1v) is 6.60. The highest BCUT2D eigenvalue weighted by Gasteiger charge is 2.03. The molecule has 0 radical (unpaired) electrons. The molecule has 5 heteroatoms. The Morgan fingerprint density at radius 2 is 1.67 bits per heavy atom. The highest BCUT2D eigenvalue weighted by molar-refractivity contribution is 5.89. The van der Waals surface area contributed by atoms with Crippen LogP contribution in [0.3, 0.4) is 0 Å². The van der Waals surface area contributed by atoms with Gasteiger partial charge in [-0.1, -0.05) is 6.58 Å². The lowest BCUT2D eigenvalue weighted by atomic mass is 10.2. The quantitative estimate of drug-likeness (QED) is 0.617. The van der Waals surface area contributed by atoms with E-state index < -0.39 is 0 Å². The molecule has 0 atom stereocenters. The highest BCUT2D eigenvalue weighted by Crippen LogP contribution is 2.12. The van der Waals surface area contributed by atoms with Gasteiger partial charge in [-0.3, -0.25) is 0 Å². The molecule has 0 spiro atoms. The van der Waals surface area contributed by atoms with Crippen LogP contribution in [0.5, 0.6) is 5.75 Å². The van der Waals surface area contributed by atoms with Crippen molar-refractivity contribution in [1.82, 2.24) is 0 Å². The number of hydrogen-bond acceptors (Lipinski definition) is 5. The molecular formula is C16H22O5. The van der Waals surface area contributed by atoms with Crippen LogP contribution in [0.2, 0.25) is 0 Å². The zero-order chi connectivity index (χ0) is 16.3. The van der Waals surface area contributed by atoms with Gasteiger partial charge in [0, 0.05) is 5.57 Å². The maximum atomic E-state index is 11.0. The normalized spacial score (nSPS) is 8.95. The van der Waals surface area contributed by atoms with Crippen LogP contribution in [0, 0.1) is 0 Å². The fourth-order valence-electron chi connectivity index (χ4n) is 1.23. The number of esters is 2. The molecule has 0 fully saturated rings. The summed E-state index contributed by atoms with van der Waals surface area (Å²) in [5.74, 6) is 0.116. The van der Waals surface area contributed by atoms with Crippen LogP contribution in [0.4, 0.5) is 0 Å². The van der Waals surface area contributed by atoms with Gasteiger partial charge in [0.15, 0.2) is 0 Å². The van der Waals surface area contributed by atoms with E-state index in [1.807, 2.05) is 6.92 Å². The summed E-state index contributed by atoms with van der Waals surface area (Å²) < 4.78 is 14.3. The lowest BCUT2D eigenvalue weighted by Gasteiger charge is -2.03. The van der Waals surface area contributed by atoms with Crippen LogP contribution in [0.1, 0.15) is 31.1 Å². The maximum absolute atomic E-state index is 11.0. The Labute approximate surface area is 125 Å². The van der Waals surface area contributed by atoms with Gasteiger partial charge in [0.05, 0.1) is 25.9 Å². The highest BCUT2D eigenvalue weighted by atomic mass is 16.5. The summed E-state index contributed by atoms with van der Waals surface area (Å²) in [7, 11) is 1.36. The van der Waals surface area contributed by atoms with E-state index in [1.165, 1.54) is 7.11 Å². The van der Waals surface area contributed by atoms with Crippen molar-refractivity contribution < 1.29 is 23.8 Å². The summed E-state index contributed by atoms with van der Waals surface area (Å²) in [5.41, 5.74) is 0.984. The lowest BCUT2D eigenvalue weighted by molar-refractivity contribution is -0.138. The molecule has 116 valence electrons. The molecular weight excluding hydrogens is 272 g/mol. The van der Waals surface area contributed by atoms with Crippen molar-refractivity contribution >= 4 is 11.9 Å². The summed E-state index contributed by atoms with van der Waals surface area (Å²) >= 11 is 0. The minimum absolute atomic E-state index is 0.312. The molecule has 0 heterocycles. The van der Waals surface area contributed by atoms with Crippen molar-refractivity contribution in [2.45, 2.75) is 20.8 Å². The number of hydrogen-bond donors (Lipinski definition) is 0. The van der Waals surface area contributed by atoms with Gasteiger partial charge in [0.25, 0.3) is 0 Å². The molecule has 1 aromatic carbocycles. The average Bonchev–Trinajstić information content (AvgIpc) is 2.48. The molecule has 0 unspecified atom stereocenters. The molecule has 0 aliphatic rings. The van der Waals surface area contributed by atoms with Crippen LogP contribution < -0.4 is 4.74 Å². The number of methoxy groups -OCH3 is 1. The Morgan fingerprint density at radius 1 is 1.10 bits per heavy atom. The molecule has 0 aliphatic heterocycles. The van der Waals surface area contributed by atoms with Crippen LogP contribution in [-0.2, 0) is 14.3 Å². The standard InChI is InChI=1S/C10H12O3.C6H10O2/c1-3-13-9-6-4-8(5-7-9)10(11)12-2;1-4-8-6(7)5(2)3/h4-7H,3H2,1-2H3;2,4H2,1,3H3. The fourth-order valence-corrected chi connectivity index (χ4v) is 1.23. The zero-order valence-electron chi connectivity index (χ0n) is 13.0. The summed E-state index contributed by atoms with van der Waals surface area (Å²) in [6, 6.07) is 6.85. The SMILES string of the molecule is C=C(C)C(=O)OCC.CCOc1ccc(C(=O)OC)cc1. The fraction of sp³-hybridized carbons (Fsp3) is 0.375. The van der Waals surface area contributed by atoms with Crippen molar-refractivity contribution in [1.29, 1.82) is 0 Å². The van der Waals surface area contributed by atoms with Gasteiger partial charge >= 0.3 is 11.9 Å². The van der Waals surface area contributed by atoms with Gasteiger partial charge in [0.2, 0.25) is 0 Å². The molecule has 0 saturated carbocycles. The van der Waals surface area contributed by atoms with Gasteiger partial charge in [-0.05, 0) is 45.0 Å². The minimum atomic E-state index is -0.331. The molecule has 1 rings (SSSR count). The predicted octanol–water partition coefficient (Wildman–Crippen LogP) is 3.00.